The van der Waals surface area contributed by atoms with Crippen molar-refractivity contribution in [3.8, 4) is 11.3 Å². The highest BCUT2D eigenvalue weighted by molar-refractivity contribution is 6.04. The second-order valence-corrected chi connectivity index (χ2v) is 8.30. The van der Waals surface area contributed by atoms with Crippen LogP contribution in [0, 0.1) is 6.92 Å². The first-order valence-electron chi connectivity index (χ1n) is 11.6. The molecule has 2 heterocycles. The van der Waals surface area contributed by atoms with Gasteiger partial charge in [-0.05, 0) is 61.0 Å². The summed E-state index contributed by atoms with van der Waals surface area (Å²) in [6, 6.07) is 14.9. The normalized spacial score (nSPS) is 11.2. The van der Waals surface area contributed by atoms with Crippen LogP contribution in [0.25, 0.3) is 11.3 Å². The summed E-state index contributed by atoms with van der Waals surface area (Å²) in [4.78, 5) is 25.8. The third-order valence-corrected chi connectivity index (χ3v) is 5.52. The van der Waals surface area contributed by atoms with Gasteiger partial charge in [0.25, 0.3) is 5.91 Å². The Balaban J connectivity index is 1.47. The smallest absolute Gasteiger partial charge is 0.383 e. The van der Waals surface area contributed by atoms with Crippen LogP contribution in [0.5, 0.6) is 0 Å². The van der Waals surface area contributed by atoms with Gasteiger partial charge in [0.15, 0.2) is 0 Å². The molecule has 0 bridgehead atoms. The number of nitrogens with zero attached hydrogens (tertiary/aromatic N) is 3. The fourth-order valence-electron chi connectivity index (χ4n) is 3.51. The molecule has 0 atom stereocenters. The van der Waals surface area contributed by atoms with Crippen molar-refractivity contribution in [3.63, 3.8) is 0 Å². The van der Waals surface area contributed by atoms with Crippen molar-refractivity contribution < 1.29 is 22.7 Å². The van der Waals surface area contributed by atoms with E-state index in [0.29, 0.717) is 36.2 Å². The highest BCUT2D eigenvalue weighted by Gasteiger charge is 2.30. The summed E-state index contributed by atoms with van der Waals surface area (Å²) < 4.78 is 44.1. The second-order valence-electron chi connectivity index (χ2n) is 8.30. The van der Waals surface area contributed by atoms with Gasteiger partial charge in [-0.3, -0.25) is 4.79 Å². The van der Waals surface area contributed by atoms with E-state index in [4.69, 9.17) is 4.74 Å². The number of nitrogens with one attached hydrogen (secondary N) is 3. The topological polar surface area (TPSA) is 101 Å². The fraction of sp³-hybridized carbons (Fsp3) is 0.185. The maximum Gasteiger partial charge on any atom is 0.416 e. The minimum Gasteiger partial charge on any atom is -0.383 e. The number of ether oxygens (including phenoxy) is 1. The molecule has 2 aromatic carbocycles. The number of amides is 1. The molecule has 0 spiro atoms. The van der Waals surface area contributed by atoms with E-state index >= 15 is 0 Å². The Labute approximate surface area is 217 Å². The zero-order valence-electron chi connectivity index (χ0n) is 20.6. The number of hydrogen-bond donors (Lipinski definition) is 3. The molecule has 0 saturated carbocycles. The quantitative estimate of drug-likeness (QED) is 0.235. The van der Waals surface area contributed by atoms with E-state index in [1.54, 1.807) is 43.8 Å². The molecule has 38 heavy (non-hydrogen) atoms. The maximum atomic E-state index is 13.0. The van der Waals surface area contributed by atoms with Crippen LogP contribution in [0.3, 0.4) is 0 Å². The molecule has 2 aromatic heterocycles. The Bertz CT molecular complexity index is 1410. The van der Waals surface area contributed by atoms with Gasteiger partial charge in [-0.1, -0.05) is 12.1 Å². The predicted octanol–water partition coefficient (Wildman–Crippen LogP) is 5.92. The van der Waals surface area contributed by atoms with Crippen molar-refractivity contribution in [2.75, 3.05) is 36.2 Å². The molecule has 0 aliphatic heterocycles. The van der Waals surface area contributed by atoms with Gasteiger partial charge in [0, 0.05) is 48.5 Å². The van der Waals surface area contributed by atoms with Gasteiger partial charge in [-0.15, -0.1) is 0 Å². The largest absolute Gasteiger partial charge is 0.416 e. The first kappa shape index (κ1) is 26.6. The van der Waals surface area contributed by atoms with Crippen LogP contribution in [0.4, 0.5) is 36.3 Å². The summed E-state index contributed by atoms with van der Waals surface area (Å²) >= 11 is 0. The molecule has 0 saturated heterocycles. The van der Waals surface area contributed by atoms with Crippen molar-refractivity contribution in [1.82, 2.24) is 15.0 Å². The van der Waals surface area contributed by atoms with Crippen LogP contribution in [0.2, 0.25) is 0 Å². The Morgan fingerprint density at radius 2 is 1.87 bits per heavy atom. The number of aryl methyl sites for hydroxylation is 1. The van der Waals surface area contributed by atoms with Gasteiger partial charge in [0.1, 0.15) is 5.82 Å². The molecule has 0 fully saturated rings. The number of carbonyl (C=O) groups excluding carboxylic acids is 1. The van der Waals surface area contributed by atoms with Crippen LogP contribution >= 0.6 is 0 Å². The van der Waals surface area contributed by atoms with Gasteiger partial charge in [0.05, 0.1) is 17.9 Å². The van der Waals surface area contributed by atoms with E-state index in [1.165, 1.54) is 12.1 Å². The summed E-state index contributed by atoms with van der Waals surface area (Å²) in [6.45, 7) is 3.08. The van der Waals surface area contributed by atoms with E-state index in [-0.39, 0.29) is 5.56 Å². The number of methoxy groups -OCH3 is 1. The molecule has 0 radical (unpaired) electrons. The van der Waals surface area contributed by atoms with Gasteiger partial charge in [-0.2, -0.15) is 13.2 Å². The molecule has 4 aromatic rings. The van der Waals surface area contributed by atoms with Crippen LogP contribution in [0.15, 0.2) is 73.1 Å². The maximum absolute atomic E-state index is 13.0. The highest BCUT2D eigenvalue weighted by atomic mass is 19.4. The number of benzene rings is 2. The molecular weight excluding hydrogens is 497 g/mol. The lowest BCUT2D eigenvalue weighted by Crippen LogP contribution is -2.14. The molecule has 4 rings (SSSR count). The molecule has 0 aliphatic rings. The monoisotopic (exact) mass is 522 g/mol. The van der Waals surface area contributed by atoms with Gasteiger partial charge in [0.2, 0.25) is 5.95 Å². The summed E-state index contributed by atoms with van der Waals surface area (Å²) in [7, 11) is 1.63. The molecule has 11 heteroatoms. The number of halogens is 3. The van der Waals surface area contributed by atoms with E-state index in [0.717, 1.165) is 29.1 Å². The van der Waals surface area contributed by atoms with Gasteiger partial charge in [-0.25, -0.2) is 15.0 Å². The number of hydrogen-bond acceptors (Lipinski definition) is 7. The number of alkyl halides is 3. The lowest BCUT2D eigenvalue weighted by atomic mass is 10.1. The standard InChI is InChI=1S/C27H25F3N6O2/c1-17-6-8-21(34-25(37)18-4-3-5-20(14-18)27(28,29)30)15-23(17)36-26-32-11-10-22(35-26)19-7-9-24(33-16-19)31-12-13-38-2/h3-11,14-16H,12-13H2,1-2H3,(H,31,33)(H,34,37)(H,32,35,36). The van der Waals surface area contributed by atoms with Crippen molar-refractivity contribution in [1.29, 1.82) is 0 Å². The lowest BCUT2D eigenvalue weighted by Gasteiger charge is -2.13. The summed E-state index contributed by atoms with van der Waals surface area (Å²) in [5.74, 6) is 0.392. The van der Waals surface area contributed by atoms with E-state index < -0.39 is 17.6 Å². The van der Waals surface area contributed by atoms with Gasteiger partial charge >= 0.3 is 6.18 Å². The molecule has 0 unspecified atom stereocenters. The number of pyridine rings is 1. The Kier molecular flexibility index (Phi) is 8.17. The molecule has 3 N–H and O–H groups in total. The average Bonchev–Trinajstić information content (AvgIpc) is 2.91. The SMILES string of the molecule is COCCNc1ccc(-c2ccnc(Nc3cc(NC(=O)c4cccc(C(F)(F)F)c4)ccc3C)n2)cn1. The van der Waals surface area contributed by atoms with E-state index in [9.17, 15) is 18.0 Å². The first-order valence-corrected chi connectivity index (χ1v) is 11.6. The van der Waals surface area contributed by atoms with E-state index in [1.807, 2.05) is 19.1 Å². The average molecular weight is 523 g/mol. The Morgan fingerprint density at radius 3 is 2.61 bits per heavy atom. The highest BCUT2D eigenvalue weighted by Crippen LogP contribution is 2.30. The van der Waals surface area contributed by atoms with Crippen LogP contribution in [-0.2, 0) is 10.9 Å². The number of carbonyl (C=O) groups is 1. The number of rotatable bonds is 9. The van der Waals surface area contributed by atoms with Crippen molar-refractivity contribution in [2.45, 2.75) is 13.1 Å². The number of anilines is 4. The molecule has 8 nitrogen and oxygen atoms in total. The third kappa shape index (κ3) is 6.83. The summed E-state index contributed by atoms with van der Waals surface area (Å²) in [6.07, 6.45) is -1.22. The first-order chi connectivity index (χ1) is 18.2. The van der Waals surface area contributed by atoms with Crippen LogP contribution in [0.1, 0.15) is 21.5 Å². The molecular formula is C27H25F3N6O2. The zero-order chi connectivity index (χ0) is 27.1. The number of aromatic nitrogens is 3. The van der Waals surface area contributed by atoms with Crippen LogP contribution < -0.4 is 16.0 Å². The van der Waals surface area contributed by atoms with Crippen molar-refractivity contribution in [3.05, 3.63) is 89.7 Å². The third-order valence-electron chi connectivity index (χ3n) is 5.52. The second kappa shape index (κ2) is 11.7. The fourth-order valence-corrected chi connectivity index (χ4v) is 3.51. The zero-order valence-corrected chi connectivity index (χ0v) is 20.6. The molecule has 0 aliphatic carbocycles. The lowest BCUT2D eigenvalue weighted by molar-refractivity contribution is -0.137. The van der Waals surface area contributed by atoms with E-state index in [2.05, 4.69) is 30.9 Å². The van der Waals surface area contributed by atoms with Crippen molar-refractivity contribution >= 4 is 29.0 Å². The minimum atomic E-state index is -4.54. The summed E-state index contributed by atoms with van der Waals surface area (Å²) in [5.41, 5.74) is 2.35. The Morgan fingerprint density at radius 1 is 1.03 bits per heavy atom. The van der Waals surface area contributed by atoms with Crippen LogP contribution in [-0.4, -0.2) is 41.1 Å². The minimum absolute atomic E-state index is 0.0977. The van der Waals surface area contributed by atoms with Crippen molar-refractivity contribution in [2.24, 2.45) is 0 Å². The molecule has 196 valence electrons. The summed E-state index contributed by atoms with van der Waals surface area (Å²) in [5, 5.41) is 8.94. The Hall–Kier alpha value is -4.51. The molecule has 1 amide bonds. The van der Waals surface area contributed by atoms with Gasteiger partial charge < -0.3 is 20.7 Å². The predicted molar refractivity (Wildman–Crippen MR) is 139 cm³/mol.